The van der Waals surface area contributed by atoms with Crippen molar-refractivity contribution in [3.05, 3.63) is 72.1 Å². The van der Waals surface area contributed by atoms with E-state index in [1.165, 1.54) is 0 Å². The molecule has 6 N–H and O–H groups in total. The second-order valence-corrected chi connectivity index (χ2v) is 8.50. The van der Waals surface area contributed by atoms with Crippen molar-refractivity contribution in [2.24, 2.45) is 0 Å². The van der Waals surface area contributed by atoms with Crippen LogP contribution in [0.5, 0.6) is 0 Å². The van der Waals surface area contributed by atoms with Crippen LogP contribution in [-0.4, -0.2) is 22.7 Å². The largest absolute Gasteiger partial charge is 0.397 e. The third-order valence-electron chi connectivity index (χ3n) is 5.80. The summed E-state index contributed by atoms with van der Waals surface area (Å²) < 4.78 is 0. The summed E-state index contributed by atoms with van der Waals surface area (Å²) in [7, 11) is 0. The van der Waals surface area contributed by atoms with Crippen LogP contribution in [0.1, 0.15) is 49.8 Å². The number of nitrogens with two attached hydrogens (primary N) is 1. The van der Waals surface area contributed by atoms with E-state index in [0.29, 0.717) is 35.5 Å². The smallest absolute Gasteiger partial charge is 0.256 e. The highest BCUT2D eigenvalue weighted by molar-refractivity contribution is 6.35. The third kappa shape index (κ3) is 6.38. The van der Waals surface area contributed by atoms with Crippen molar-refractivity contribution in [2.75, 3.05) is 21.7 Å². The minimum atomic E-state index is -0.168. The van der Waals surface area contributed by atoms with Gasteiger partial charge in [0.05, 0.1) is 16.9 Å². The van der Waals surface area contributed by atoms with E-state index in [1.807, 2.05) is 30.3 Å². The van der Waals surface area contributed by atoms with Gasteiger partial charge in [-0.3, -0.25) is 14.4 Å². The van der Waals surface area contributed by atoms with Gasteiger partial charge in [0.1, 0.15) is 0 Å². The van der Waals surface area contributed by atoms with Gasteiger partial charge in [-0.25, -0.2) is 0 Å². The maximum atomic E-state index is 12.4. The lowest BCUT2D eigenvalue weighted by Gasteiger charge is -2.08. The number of carbonyl (C=O) groups excluding carboxylic acids is 3. The van der Waals surface area contributed by atoms with Gasteiger partial charge in [-0.05, 0) is 61.4 Å². The van der Waals surface area contributed by atoms with Crippen LogP contribution in [0.2, 0.25) is 0 Å². The Kier molecular flexibility index (Phi) is 7.62. The minimum absolute atomic E-state index is 0.0603. The zero-order valence-electron chi connectivity index (χ0n) is 19.4. The number of aromatic amines is 1. The molecule has 1 aromatic heterocycles. The van der Waals surface area contributed by atoms with Crippen molar-refractivity contribution in [1.29, 1.82) is 0 Å². The summed E-state index contributed by atoms with van der Waals surface area (Å²) in [5, 5.41) is 8.59. The normalized spacial score (nSPS) is 13.4. The molecule has 2 aromatic carbocycles. The number of H-pyrrole nitrogens is 1. The quantitative estimate of drug-likeness (QED) is 0.162. The SMILES string of the molecule is Nc1ccccc1NC(=O)CCCCCCC(=O)Nc1ccc2c(c1)/C(=C\c1ccc[nH]1)C(=O)N2. The van der Waals surface area contributed by atoms with E-state index in [0.717, 1.165) is 42.6 Å². The lowest BCUT2D eigenvalue weighted by molar-refractivity contribution is -0.117. The number of hydrogen-bond acceptors (Lipinski definition) is 4. The summed E-state index contributed by atoms with van der Waals surface area (Å²) in [4.78, 5) is 39.9. The molecule has 1 aliphatic rings. The Bertz CT molecular complexity index is 1250. The van der Waals surface area contributed by atoms with Gasteiger partial charge in [-0.2, -0.15) is 0 Å². The number of rotatable bonds is 10. The standard InChI is InChI=1S/C27H29N5O3/c28-22-9-5-6-10-24(22)31-26(34)12-4-2-1-3-11-25(33)30-19-13-14-23-20(17-19)21(27(35)32-23)16-18-8-7-15-29-18/h5-10,13-17,29H,1-4,11-12,28H2,(H,30,33)(H,31,34)(H,32,35)/b21-16+. The molecular weight excluding hydrogens is 442 g/mol. The Hall–Kier alpha value is -4.33. The van der Waals surface area contributed by atoms with Crippen molar-refractivity contribution in [1.82, 2.24) is 4.98 Å². The van der Waals surface area contributed by atoms with Gasteiger partial charge in [-0.15, -0.1) is 0 Å². The zero-order valence-corrected chi connectivity index (χ0v) is 19.4. The Morgan fingerprint density at radius 2 is 1.63 bits per heavy atom. The monoisotopic (exact) mass is 471 g/mol. The van der Waals surface area contributed by atoms with Crippen LogP contribution >= 0.6 is 0 Å². The number of aromatic nitrogens is 1. The van der Waals surface area contributed by atoms with Crippen LogP contribution in [-0.2, 0) is 14.4 Å². The fourth-order valence-corrected chi connectivity index (χ4v) is 3.97. The number of para-hydroxylation sites is 2. The number of nitrogen functional groups attached to an aromatic ring is 1. The molecule has 4 rings (SSSR count). The first kappa shape index (κ1) is 23.8. The van der Waals surface area contributed by atoms with Crippen LogP contribution in [0.25, 0.3) is 11.6 Å². The molecule has 0 saturated carbocycles. The van der Waals surface area contributed by atoms with E-state index < -0.39 is 0 Å². The van der Waals surface area contributed by atoms with E-state index in [1.54, 1.807) is 36.5 Å². The molecular formula is C27H29N5O3. The first-order valence-corrected chi connectivity index (χ1v) is 11.7. The summed E-state index contributed by atoms with van der Waals surface area (Å²) in [6, 6.07) is 16.3. The van der Waals surface area contributed by atoms with Gasteiger partial charge in [0.25, 0.3) is 5.91 Å². The number of carbonyl (C=O) groups is 3. The van der Waals surface area contributed by atoms with Crippen LogP contribution in [0.4, 0.5) is 22.7 Å². The van der Waals surface area contributed by atoms with E-state index in [4.69, 9.17) is 5.73 Å². The summed E-state index contributed by atoms with van der Waals surface area (Å²) in [5.74, 6) is -0.302. The Morgan fingerprint density at radius 1 is 0.886 bits per heavy atom. The molecule has 35 heavy (non-hydrogen) atoms. The number of hydrogen-bond donors (Lipinski definition) is 5. The van der Waals surface area contributed by atoms with Gasteiger partial charge >= 0.3 is 0 Å². The molecule has 3 amide bonds. The number of amides is 3. The van der Waals surface area contributed by atoms with E-state index in [2.05, 4.69) is 20.9 Å². The fraction of sp³-hybridized carbons (Fsp3) is 0.222. The minimum Gasteiger partial charge on any atom is -0.397 e. The van der Waals surface area contributed by atoms with E-state index in [9.17, 15) is 14.4 Å². The molecule has 8 nitrogen and oxygen atoms in total. The lowest BCUT2D eigenvalue weighted by Crippen LogP contribution is -2.12. The number of benzene rings is 2. The number of anilines is 4. The van der Waals surface area contributed by atoms with Crippen LogP contribution < -0.4 is 21.7 Å². The van der Waals surface area contributed by atoms with Crippen molar-refractivity contribution in [3.8, 4) is 0 Å². The van der Waals surface area contributed by atoms with E-state index >= 15 is 0 Å². The van der Waals surface area contributed by atoms with Gasteiger partial charge in [0.2, 0.25) is 11.8 Å². The second-order valence-electron chi connectivity index (χ2n) is 8.50. The number of nitrogens with one attached hydrogen (secondary N) is 4. The molecule has 0 spiro atoms. The predicted molar refractivity (Wildman–Crippen MR) is 140 cm³/mol. The number of unbranched alkanes of at least 4 members (excludes halogenated alkanes) is 3. The number of fused-ring (bicyclic) bond motifs is 1. The molecule has 0 radical (unpaired) electrons. The molecule has 0 bridgehead atoms. The molecule has 1 aliphatic heterocycles. The Balaban J connectivity index is 1.19. The summed E-state index contributed by atoms with van der Waals surface area (Å²) in [5.41, 5.74) is 10.5. The first-order valence-electron chi connectivity index (χ1n) is 11.7. The molecule has 180 valence electrons. The molecule has 0 fully saturated rings. The first-order chi connectivity index (χ1) is 17.0. The van der Waals surface area contributed by atoms with Gasteiger partial charge in [0, 0.05) is 41.7 Å². The highest BCUT2D eigenvalue weighted by atomic mass is 16.2. The highest BCUT2D eigenvalue weighted by Gasteiger charge is 2.24. The van der Waals surface area contributed by atoms with Crippen molar-refractivity contribution in [2.45, 2.75) is 38.5 Å². The Morgan fingerprint density at radius 3 is 2.34 bits per heavy atom. The summed E-state index contributed by atoms with van der Waals surface area (Å²) >= 11 is 0. The topological polar surface area (TPSA) is 129 Å². The molecule has 8 heteroatoms. The molecule has 0 atom stereocenters. The molecule has 0 unspecified atom stereocenters. The predicted octanol–water partition coefficient (Wildman–Crippen LogP) is 5.01. The summed E-state index contributed by atoms with van der Waals surface area (Å²) in [6.45, 7) is 0. The summed E-state index contributed by atoms with van der Waals surface area (Å²) in [6.07, 6.45) is 7.62. The fourth-order valence-electron chi connectivity index (χ4n) is 3.97. The second kappa shape index (κ2) is 11.2. The molecule has 0 saturated heterocycles. The van der Waals surface area contributed by atoms with Crippen LogP contribution in [0.15, 0.2) is 60.8 Å². The zero-order chi connectivity index (χ0) is 24.6. The van der Waals surface area contributed by atoms with Crippen molar-refractivity contribution >= 4 is 52.1 Å². The molecule has 3 aromatic rings. The van der Waals surface area contributed by atoms with Crippen LogP contribution in [0.3, 0.4) is 0 Å². The third-order valence-corrected chi connectivity index (χ3v) is 5.80. The molecule has 2 heterocycles. The average molecular weight is 472 g/mol. The van der Waals surface area contributed by atoms with E-state index in [-0.39, 0.29) is 17.7 Å². The maximum absolute atomic E-state index is 12.4. The maximum Gasteiger partial charge on any atom is 0.256 e. The van der Waals surface area contributed by atoms with Crippen LogP contribution in [0, 0.1) is 0 Å². The van der Waals surface area contributed by atoms with Gasteiger partial charge in [-0.1, -0.05) is 25.0 Å². The van der Waals surface area contributed by atoms with Gasteiger partial charge in [0.15, 0.2) is 0 Å². The highest BCUT2D eigenvalue weighted by Crippen LogP contribution is 2.35. The Labute approximate surface area is 204 Å². The van der Waals surface area contributed by atoms with Crippen molar-refractivity contribution < 1.29 is 14.4 Å². The average Bonchev–Trinajstić information content (AvgIpc) is 3.46. The van der Waals surface area contributed by atoms with Gasteiger partial charge < -0.3 is 26.7 Å². The lowest BCUT2D eigenvalue weighted by atomic mass is 10.0. The molecule has 0 aliphatic carbocycles. The van der Waals surface area contributed by atoms with Crippen molar-refractivity contribution in [3.63, 3.8) is 0 Å².